The van der Waals surface area contributed by atoms with Crippen molar-refractivity contribution in [3.63, 3.8) is 0 Å². The Morgan fingerprint density at radius 3 is 2.62 bits per heavy atom. The number of nitrogens with zero attached hydrogens (tertiary/aromatic N) is 2. The molecule has 1 atom stereocenters. The Kier molecular flexibility index (Phi) is 3.07. The molecule has 3 rings (SSSR count). The lowest BCUT2D eigenvalue weighted by atomic mass is 9.88. The molecule has 106 valence electrons. The first-order chi connectivity index (χ1) is 10.0. The lowest BCUT2D eigenvalue weighted by molar-refractivity contribution is -0.135. The number of anilines is 1. The lowest BCUT2D eigenvalue weighted by Gasteiger charge is -2.21. The monoisotopic (exact) mass is 282 g/mol. The third kappa shape index (κ3) is 2.02. The van der Waals surface area contributed by atoms with Crippen LogP contribution in [0, 0.1) is 0 Å². The van der Waals surface area contributed by atoms with Crippen molar-refractivity contribution < 1.29 is 14.7 Å². The zero-order valence-corrected chi connectivity index (χ0v) is 11.5. The number of aliphatic hydroxyl groups is 1. The number of fused-ring (bicyclic) bond motifs is 1. The van der Waals surface area contributed by atoms with E-state index in [0.717, 1.165) is 0 Å². The Morgan fingerprint density at radius 1 is 1.24 bits per heavy atom. The summed E-state index contributed by atoms with van der Waals surface area (Å²) in [7, 11) is 1.59. The van der Waals surface area contributed by atoms with E-state index < -0.39 is 11.5 Å². The van der Waals surface area contributed by atoms with Gasteiger partial charge < -0.3 is 10.0 Å². The summed E-state index contributed by atoms with van der Waals surface area (Å²) in [5.74, 6) is -0.774. The van der Waals surface area contributed by atoms with Gasteiger partial charge in [0, 0.05) is 30.6 Å². The summed E-state index contributed by atoms with van der Waals surface area (Å²) in [6.07, 6.45) is 2.73. The van der Waals surface area contributed by atoms with Crippen molar-refractivity contribution in [1.29, 1.82) is 0 Å². The minimum absolute atomic E-state index is 0.281. The van der Waals surface area contributed by atoms with E-state index in [0.29, 0.717) is 16.8 Å². The number of pyridine rings is 1. The highest BCUT2D eigenvalue weighted by molar-refractivity contribution is 6.10. The Hall–Kier alpha value is -2.53. The Bertz CT molecular complexity index is 714. The molecule has 21 heavy (non-hydrogen) atoms. The van der Waals surface area contributed by atoms with Gasteiger partial charge in [0.1, 0.15) is 0 Å². The number of para-hydroxylation sites is 1. The van der Waals surface area contributed by atoms with Crippen molar-refractivity contribution in [2.45, 2.75) is 12.0 Å². The first-order valence-corrected chi connectivity index (χ1v) is 6.57. The molecule has 1 aromatic heterocycles. The van der Waals surface area contributed by atoms with Crippen LogP contribution < -0.4 is 4.90 Å². The molecule has 2 aromatic rings. The molecular weight excluding hydrogens is 268 g/mol. The van der Waals surface area contributed by atoms with Gasteiger partial charge in [-0.25, -0.2) is 0 Å². The second-order valence-corrected chi connectivity index (χ2v) is 5.08. The number of benzene rings is 1. The van der Waals surface area contributed by atoms with Crippen LogP contribution in [0.5, 0.6) is 0 Å². The maximum absolute atomic E-state index is 12.4. The van der Waals surface area contributed by atoms with E-state index in [2.05, 4.69) is 4.98 Å². The molecule has 0 fully saturated rings. The number of carbonyl (C=O) groups excluding carboxylic acids is 2. The molecule has 1 aliphatic rings. The summed E-state index contributed by atoms with van der Waals surface area (Å²) >= 11 is 0. The van der Waals surface area contributed by atoms with Gasteiger partial charge in [0.25, 0.3) is 5.91 Å². The minimum atomic E-state index is -1.80. The van der Waals surface area contributed by atoms with Crippen LogP contribution in [-0.2, 0) is 10.4 Å². The average molecular weight is 282 g/mol. The van der Waals surface area contributed by atoms with Crippen molar-refractivity contribution in [3.8, 4) is 0 Å². The van der Waals surface area contributed by atoms with Gasteiger partial charge in [0.15, 0.2) is 11.4 Å². The van der Waals surface area contributed by atoms with Gasteiger partial charge in [-0.15, -0.1) is 0 Å². The van der Waals surface area contributed by atoms with Crippen LogP contribution in [0.2, 0.25) is 0 Å². The molecule has 0 spiro atoms. The molecule has 1 aliphatic heterocycles. The second-order valence-electron chi connectivity index (χ2n) is 5.08. The van der Waals surface area contributed by atoms with Gasteiger partial charge in [-0.2, -0.15) is 0 Å². The molecular formula is C16H14N2O3. The summed E-state index contributed by atoms with van der Waals surface area (Å²) in [6.45, 7) is 0. The first kappa shape index (κ1) is 13.5. The summed E-state index contributed by atoms with van der Waals surface area (Å²) in [6, 6.07) is 10.1. The number of hydrogen-bond donors (Lipinski definition) is 1. The third-order valence-corrected chi connectivity index (χ3v) is 3.79. The number of likely N-dealkylation sites (N-methyl/N-ethyl adjacent to an activating group) is 1. The number of Topliss-reactive ketones (excluding diaryl/α,β-unsaturated/α-hetero) is 1. The Labute approximate surface area is 121 Å². The summed E-state index contributed by atoms with van der Waals surface area (Å²) in [4.78, 5) is 29.9. The SMILES string of the molecule is CN1C(=O)[C@](O)(CC(=O)c2ccncc2)c2ccccc21. The zero-order valence-electron chi connectivity index (χ0n) is 11.5. The highest BCUT2D eigenvalue weighted by Crippen LogP contribution is 2.41. The number of hydrogen-bond acceptors (Lipinski definition) is 4. The Morgan fingerprint density at radius 2 is 1.90 bits per heavy atom. The van der Waals surface area contributed by atoms with Crippen LogP contribution in [0.1, 0.15) is 22.3 Å². The number of carbonyl (C=O) groups is 2. The van der Waals surface area contributed by atoms with Crippen LogP contribution in [-0.4, -0.2) is 28.8 Å². The van der Waals surface area contributed by atoms with Gasteiger partial charge >= 0.3 is 0 Å². The predicted molar refractivity (Wildman–Crippen MR) is 76.9 cm³/mol. The molecule has 0 unspecified atom stereocenters. The van der Waals surface area contributed by atoms with E-state index in [9.17, 15) is 14.7 Å². The van der Waals surface area contributed by atoms with Crippen molar-refractivity contribution >= 4 is 17.4 Å². The number of rotatable bonds is 3. The van der Waals surface area contributed by atoms with E-state index >= 15 is 0 Å². The average Bonchev–Trinajstić information content (AvgIpc) is 2.71. The second kappa shape index (κ2) is 4.79. The van der Waals surface area contributed by atoms with Gasteiger partial charge in [-0.3, -0.25) is 14.6 Å². The summed E-state index contributed by atoms with van der Waals surface area (Å²) in [5, 5.41) is 10.8. The van der Waals surface area contributed by atoms with Crippen molar-refractivity contribution in [1.82, 2.24) is 4.98 Å². The number of aromatic nitrogens is 1. The molecule has 0 saturated carbocycles. The molecule has 0 saturated heterocycles. The van der Waals surface area contributed by atoms with E-state index in [4.69, 9.17) is 0 Å². The van der Waals surface area contributed by atoms with Crippen LogP contribution in [0.3, 0.4) is 0 Å². The van der Waals surface area contributed by atoms with Crippen LogP contribution >= 0.6 is 0 Å². The maximum atomic E-state index is 12.4. The van der Waals surface area contributed by atoms with Crippen molar-refractivity contribution in [2.24, 2.45) is 0 Å². The molecule has 1 amide bonds. The first-order valence-electron chi connectivity index (χ1n) is 6.57. The fraction of sp³-hybridized carbons (Fsp3) is 0.188. The zero-order chi connectivity index (χ0) is 15.0. The van der Waals surface area contributed by atoms with E-state index in [1.54, 1.807) is 43.4 Å². The lowest BCUT2D eigenvalue weighted by Crippen LogP contribution is -2.40. The molecule has 1 aromatic carbocycles. The normalized spacial score (nSPS) is 20.5. The number of amides is 1. The van der Waals surface area contributed by atoms with Crippen molar-refractivity contribution in [3.05, 3.63) is 59.9 Å². The topological polar surface area (TPSA) is 70.5 Å². The largest absolute Gasteiger partial charge is 0.375 e. The van der Waals surface area contributed by atoms with E-state index in [-0.39, 0.29) is 12.2 Å². The molecule has 2 heterocycles. The van der Waals surface area contributed by atoms with Crippen LogP contribution in [0.4, 0.5) is 5.69 Å². The number of ketones is 1. The smallest absolute Gasteiger partial charge is 0.263 e. The maximum Gasteiger partial charge on any atom is 0.263 e. The predicted octanol–water partition coefficient (Wildman–Crippen LogP) is 1.52. The summed E-state index contributed by atoms with van der Waals surface area (Å²) < 4.78 is 0. The van der Waals surface area contributed by atoms with E-state index in [1.165, 1.54) is 17.3 Å². The quantitative estimate of drug-likeness (QED) is 0.866. The summed E-state index contributed by atoms with van der Waals surface area (Å²) in [5.41, 5.74) is -0.267. The molecule has 5 nitrogen and oxygen atoms in total. The van der Waals surface area contributed by atoms with Gasteiger partial charge in [0.05, 0.1) is 12.1 Å². The van der Waals surface area contributed by atoms with Crippen molar-refractivity contribution in [2.75, 3.05) is 11.9 Å². The third-order valence-electron chi connectivity index (χ3n) is 3.79. The minimum Gasteiger partial charge on any atom is -0.375 e. The molecule has 5 heteroatoms. The highest BCUT2D eigenvalue weighted by Gasteiger charge is 2.49. The van der Waals surface area contributed by atoms with Gasteiger partial charge in [0.2, 0.25) is 0 Å². The van der Waals surface area contributed by atoms with Crippen LogP contribution in [0.25, 0.3) is 0 Å². The fourth-order valence-corrected chi connectivity index (χ4v) is 2.66. The molecule has 0 bridgehead atoms. The van der Waals surface area contributed by atoms with E-state index in [1.807, 2.05) is 0 Å². The van der Waals surface area contributed by atoms with Crippen LogP contribution in [0.15, 0.2) is 48.8 Å². The molecule has 0 radical (unpaired) electrons. The van der Waals surface area contributed by atoms with Gasteiger partial charge in [-0.1, -0.05) is 18.2 Å². The highest BCUT2D eigenvalue weighted by atomic mass is 16.3. The fourth-order valence-electron chi connectivity index (χ4n) is 2.66. The molecule has 1 N–H and O–H groups in total. The molecule has 0 aliphatic carbocycles. The Balaban J connectivity index is 1.98. The van der Waals surface area contributed by atoms with Gasteiger partial charge in [-0.05, 0) is 18.2 Å². The standard InChI is InChI=1S/C16H14N2O3/c1-18-13-5-3-2-4-12(13)16(21,15(18)20)10-14(19)11-6-8-17-9-7-11/h2-9,21H,10H2,1H3/t16-/m0/s1.